The summed E-state index contributed by atoms with van der Waals surface area (Å²) >= 11 is 0. The van der Waals surface area contributed by atoms with Crippen molar-refractivity contribution in [3.05, 3.63) is 0 Å². The third-order valence-electron chi connectivity index (χ3n) is 2.83. The number of rotatable bonds is 1. The Balaban J connectivity index is 2.84. The molecule has 1 N–H and O–H groups in total. The van der Waals surface area contributed by atoms with E-state index in [1.165, 1.54) is 0 Å². The number of hydrogen-bond acceptors (Lipinski definition) is 3. The molecule has 0 amide bonds. The Hall–Kier alpha value is -1.01. The predicted molar refractivity (Wildman–Crippen MR) is 63.7 cm³/mol. The van der Waals surface area contributed by atoms with Gasteiger partial charge in [0.15, 0.2) is 0 Å². The highest BCUT2D eigenvalue weighted by Gasteiger charge is 2.47. The average Bonchev–Trinajstić information content (AvgIpc) is 2.37. The zero-order valence-corrected chi connectivity index (χ0v) is 10.8. The van der Waals surface area contributed by atoms with Gasteiger partial charge in [-0.1, -0.05) is 0 Å². The Bertz CT molecular complexity index is 320. The van der Waals surface area contributed by atoms with Gasteiger partial charge in [0, 0.05) is 18.0 Å². The van der Waals surface area contributed by atoms with Crippen LogP contribution in [-0.4, -0.2) is 23.7 Å². The Labute approximate surface area is 97.9 Å². The van der Waals surface area contributed by atoms with Crippen LogP contribution in [0.3, 0.4) is 0 Å². The largest absolute Gasteiger partial charge is 0.460 e. The molecule has 1 unspecified atom stereocenters. The molecule has 2 atom stereocenters. The van der Waals surface area contributed by atoms with E-state index >= 15 is 0 Å². The molecule has 0 aromatic rings. The molecule has 3 heteroatoms. The minimum Gasteiger partial charge on any atom is -0.460 e. The molecule has 1 aliphatic heterocycles. The van der Waals surface area contributed by atoms with Crippen LogP contribution >= 0.6 is 0 Å². The molecule has 0 bridgehead atoms. The van der Waals surface area contributed by atoms with Gasteiger partial charge in [-0.05, 0) is 34.6 Å². The van der Waals surface area contributed by atoms with E-state index in [9.17, 15) is 4.79 Å². The third kappa shape index (κ3) is 2.76. The summed E-state index contributed by atoms with van der Waals surface area (Å²) in [4.78, 5) is 12.1. The van der Waals surface area contributed by atoms with Crippen molar-refractivity contribution < 1.29 is 9.53 Å². The second-order valence-electron chi connectivity index (χ2n) is 5.89. The molecule has 0 aromatic heterocycles. The summed E-state index contributed by atoms with van der Waals surface area (Å²) in [7, 11) is 0. The number of terminal acetylenes is 1. The molecule has 1 aliphatic rings. The Morgan fingerprint density at radius 3 is 2.50 bits per heavy atom. The summed E-state index contributed by atoms with van der Waals surface area (Å²) < 4.78 is 5.41. The topological polar surface area (TPSA) is 38.3 Å². The molecule has 0 aromatic carbocycles. The number of hydrogen-bond donors (Lipinski definition) is 1. The summed E-state index contributed by atoms with van der Waals surface area (Å²) in [5.74, 6) is 2.12. The molecule has 3 nitrogen and oxygen atoms in total. The van der Waals surface area contributed by atoms with Gasteiger partial charge in [-0.3, -0.25) is 4.79 Å². The molecule has 1 saturated heterocycles. The number of ether oxygens (including phenoxy) is 1. The van der Waals surface area contributed by atoms with Gasteiger partial charge in [-0.25, -0.2) is 0 Å². The van der Waals surface area contributed by atoms with Gasteiger partial charge in [0.05, 0.1) is 5.92 Å². The Morgan fingerprint density at radius 1 is 1.50 bits per heavy atom. The molecule has 90 valence electrons. The molecule has 0 spiro atoms. The lowest BCUT2D eigenvalue weighted by Gasteiger charge is -2.30. The van der Waals surface area contributed by atoms with Crippen LogP contribution in [0.25, 0.3) is 0 Å². The van der Waals surface area contributed by atoms with Gasteiger partial charge in [-0.15, -0.1) is 12.3 Å². The summed E-state index contributed by atoms with van der Waals surface area (Å²) in [5.41, 5.74) is -0.756. The van der Waals surface area contributed by atoms with E-state index in [4.69, 9.17) is 11.2 Å². The van der Waals surface area contributed by atoms with E-state index in [2.05, 4.69) is 11.2 Å². The lowest BCUT2D eigenvalue weighted by molar-refractivity contribution is -0.162. The molecule has 1 heterocycles. The predicted octanol–water partition coefficient (Wildman–Crippen LogP) is 1.58. The lowest BCUT2D eigenvalue weighted by Crippen LogP contribution is -2.44. The molecule has 1 rings (SSSR count). The number of nitrogens with one attached hydrogen (secondary N) is 1. The summed E-state index contributed by atoms with van der Waals surface area (Å²) in [6.45, 7) is 10.2. The van der Waals surface area contributed by atoms with Crippen LogP contribution in [0, 0.1) is 24.2 Å². The molecule has 0 radical (unpaired) electrons. The van der Waals surface area contributed by atoms with Gasteiger partial charge in [-0.2, -0.15) is 0 Å². The normalized spacial score (nSPS) is 28.5. The fourth-order valence-electron chi connectivity index (χ4n) is 2.08. The van der Waals surface area contributed by atoms with Crippen LogP contribution in [0.15, 0.2) is 0 Å². The van der Waals surface area contributed by atoms with Crippen molar-refractivity contribution >= 4 is 5.97 Å². The van der Waals surface area contributed by atoms with Gasteiger partial charge in [0.2, 0.25) is 0 Å². The summed E-state index contributed by atoms with van der Waals surface area (Å²) in [5, 5.41) is 3.27. The minimum atomic E-state index is -0.463. The van der Waals surface area contributed by atoms with E-state index in [0.717, 1.165) is 0 Å². The van der Waals surface area contributed by atoms with Crippen molar-refractivity contribution in [1.82, 2.24) is 5.32 Å². The van der Waals surface area contributed by atoms with Crippen molar-refractivity contribution in [3.8, 4) is 12.3 Å². The molecule has 0 aliphatic carbocycles. The first kappa shape index (κ1) is 13.1. The average molecular weight is 223 g/mol. The molecular formula is C13H21NO2. The second-order valence-corrected chi connectivity index (χ2v) is 5.89. The molecule has 1 fully saturated rings. The van der Waals surface area contributed by atoms with Crippen LogP contribution in [0.5, 0.6) is 0 Å². The van der Waals surface area contributed by atoms with E-state index in [0.29, 0.717) is 6.54 Å². The highest BCUT2D eigenvalue weighted by Crippen LogP contribution is 2.32. The zero-order valence-electron chi connectivity index (χ0n) is 10.8. The van der Waals surface area contributed by atoms with Crippen LogP contribution in [-0.2, 0) is 9.53 Å². The summed E-state index contributed by atoms with van der Waals surface area (Å²) in [6, 6.07) is 0. The van der Waals surface area contributed by atoms with Gasteiger partial charge in [0.25, 0.3) is 0 Å². The fourth-order valence-corrected chi connectivity index (χ4v) is 2.08. The standard InChI is InChI=1S/C13H21NO2/c1-7-9-8-14-13(5,6)10(9)11(15)16-12(2,3)4/h1,9-10,14H,8H2,2-6H3/t9?,10-/m1/s1. The minimum absolute atomic E-state index is 0.0788. The number of carbonyl (C=O) groups is 1. The van der Waals surface area contributed by atoms with Crippen molar-refractivity contribution in [2.45, 2.75) is 45.8 Å². The van der Waals surface area contributed by atoms with E-state index in [1.54, 1.807) is 0 Å². The van der Waals surface area contributed by atoms with Gasteiger partial charge >= 0.3 is 5.97 Å². The third-order valence-corrected chi connectivity index (χ3v) is 2.83. The van der Waals surface area contributed by atoms with Crippen molar-refractivity contribution in [1.29, 1.82) is 0 Å². The SMILES string of the molecule is C#CC1CNC(C)(C)[C@H]1C(=O)OC(C)(C)C. The molecular weight excluding hydrogens is 202 g/mol. The molecule has 0 saturated carbocycles. The first-order valence-electron chi connectivity index (χ1n) is 5.61. The quantitative estimate of drug-likeness (QED) is 0.542. The Kier molecular flexibility index (Phi) is 3.35. The monoisotopic (exact) mass is 223 g/mol. The maximum atomic E-state index is 12.1. The highest BCUT2D eigenvalue weighted by atomic mass is 16.6. The maximum absolute atomic E-state index is 12.1. The van der Waals surface area contributed by atoms with Crippen LogP contribution < -0.4 is 5.32 Å². The van der Waals surface area contributed by atoms with Gasteiger partial charge in [0.1, 0.15) is 5.60 Å². The number of carbonyl (C=O) groups excluding carboxylic acids is 1. The number of esters is 1. The highest BCUT2D eigenvalue weighted by molar-refractivity contribution is 5.76. The van der Waals surface area contributed by atoms with E-state index < -0.39 is 5.60 Å². The van der Waals surface area contributed by atoms with Crippen LogP contribution in [0.2, 0.25) is 0 Å². The van der Waals surface area contributed by atoms with Crippen LogP contribution in [0.1, 0.15) is 34.6 Å². The zero-order chi connectivity index (χ0) is 12.6. The first-order chi connectivity index (χ1) is 7.17. The molecule has 16 heavy (non-hydrogen) atoms. The van der Waals surface area contributed by atoms with Crippen molar-refractivity contribution in [3.63, 3.8) is 0 Å². The van der Waals surface area contributed by atoms with Crippen LogP contribution in [0.4, 0.5) is 0 Å². The van der Waals surface area contributed by atoms with Crippen molar-refractivity contribution in [2.75, 3.05) is 6.54 Å². The maximum Gasteiger partial charge on any atom is 0.312 e. The van der Waals surface area contributed by atoms with E-state index in [-0.39, 0.29) is 23.3 Å². The van der Waals surface area contributed by atoms with E-state index in [1.807, 2.05) is 34.6 Å². The summed E-state index contributed by atoms with van der Waals surface area (Å²) in [6.07, 6.45) is 5.45. The van der Waals surface area contributed by atoms with Gasteiger partial charge < -0.3 is 10.1 Å². The first-order valence-corrected chi connectivity index (χ1v) is 5.61. The fraction of sp³-hybridized carbons (Fsp3) is 0.769. The lowest BCUT2D eigenvalue weighted by atomic mass is 9.83. The Morgan fingerprint density at radius 2 is 2.06 bits per heavy atom. The smallest absolute Gasteiger partial charge is 0.312 e. The second kappa shape index (κ2) is 4.10. The van der Waals surface area contributed by atoms with Crippen molar-refractivity contribution in [2.24, 2.45) is 11.8 Å².